The third kappa shape index (κ3) is 5.67. The van der Waals surface area contributed by atoms with Crippen molar-refractivity contribution in [1.29, 1.82) is 0 Å². The molecule has 1 amide bonds. The summed E-state index contributed by atoms with van der Waals surface area (Å²) in [6, 6.07) is 11.8. The Kier molecular flexibility index (Phi) is 7.80. The number of nitrogens with one attached hydrogen (secondary N) is 1. The lowest BCUT2D eigenvalue weighted by atomic mass is 9.87. The topological polar surface area (TPSA) is 113 Å². The number of carbonyl (C=O) groups excluding carboxylic acids is 2. The number of hydrogen-bond donors (Lipinski definition) is 2. The molecule has 1 spiro atoms. The van der Waals surface area contributed by atoms with Crippen LogP contribution in [0, 0.1) is 6.92 Å². The van der Waals surface area contributed by atoms with Gasteiger partial charge in [-0.1, -0.05) is 23.7 Å². The minimum Gasteiger partial charge on any atom is -0.507 e. The Balaban J connectivity index is 1.39. The van der Waals surface area contributed by atoms with Gasteiger partial charge in [-0.05, 0) is 89.7 Å². The Morgan fingerprint density at radius 3 is 2.75 bits per heavy atom. The molecule has 0 aliphatic carbocycles. The molecule has 0 radical (unpaired) electrons. The molecule has 1 atom stereocenters. The number of sulfone groups is 1. The number of esters is 1. The first-order valence-electron chi connectivity index (χ1n) is 12.7. The van der Waals surface area contributed by atoms with Gasteiger partial charge in [0.25, 0.3) is 0 Å². The van der Waals surface area contributed by atoms with Gasteiger partial charge < -0.3 is 15.2 Å². The summed E-state index contributed by atoms with van der Waals surface area (Å²) in [7, 11) is -3.41. The fraction of sp³-hybridized carbons (Fsp3) is 0.310. The standard InChI is InChI=1S/C29H29ClN2O6S2/c1-18-11-23(20-5-3-6-21(12-20)40(2,36)37)24(30)13-22(18)26-27(34)29(38-28(26)35)8-4-9-32(17-29)15-25(33)31-14-19-7-10-39-16-19/h3,5-7,10-13,16,34H,4,8-9,14-15,17H2,1-2H3,(H,31,33). The molecule has 2 aliphatic rings. The van der Waals surface area contributed by atoms with Crippen LogP contribution < -0.4 is 5.32 Å². The van der Waals surface area contributed by atoms with Crippen molar-refractivity contribution in [3.8, 4) is 11.1 Å². The molecular formula is C29H29ClN2O6S2. The van der Waals surface area contributed by atoms with Gasteiger partial charge in [0, 0.05) is 29.9 Å². The van der Waals surface area contributed by atoms with E-state index in [0.29, 0.717) is 53.2 Å². The van der Waals surface area contributed by atoms with Gasteiger partial charge in [-0.2, -0.15) is 11.3 Å². The molecule has 2 aliphatic heterocycles. The molecule has 2 N–H and O–H groups in total. The van der Waals surface area contributed by atoms with Crippen LogP contribution in [0.25, 0.3) is 16.7 Å². The lowest BCUT2D eigenvalue weighted by molar-refractivity contribution is -0.152. The van der Waals surface area contributed by atoms with Crippen molar-refractivity contribution >= 4 is 50.2 Å². The number of ether oxygens (including phenoxy) is 1. The molecule has 1 fully saturated rings. The summed E-state index contributed by atoms with van der Waals surface area (Å²) < 4.78 is 29.9. The fourth-order valence-corrected chi connectivity index (χ4v) is 6.89. The van der Waals surface area contributed by atoms with E-state index in [4.69, 9.17) is 16.3 Å². The average Bonchev–Trinajstić information content (AvgIpc) is 3.50. The Morgan fingerprint density at radius 2 is 2.02 bits per heavy atom. The molecule has 1 unspecified atom stereocenters. The Bertz CT molecular complexity index is 1620. The van der Waals surface area contributed by atoms with Crippen molar-refractivity contribution in [3.63, 3.8) is 0 Å². The van der Waals surface area contributed by atoms with Crippen LogP contribution in [-0.2, 0) is 30.7 Å². The number of likely N-dealkylation sites (tertiary alicyclic amines) is 1. The third-order valence-electron chi connectivity index (χ3n) is 7.29. The highest BCUT2D eigenvalue weighted by Gasteiger charge is 2.51. The predicted molar refractivity (Wildman–Crippen MR) is 155 cm³/mol. The molecule has 8 nitrogen and oxygen atoms in total. The Morgan fingerprint density at radius 1 is 1.23 bits per heavy atom. The summed E-state index contributed by atoms with van der Waals surface area (Å²) in [5.41, 5.74) is 2.18. The van der Waals surface area contributed by atoms with Crippen LogP contribution in [-0.4, -0.2) is 61.8 Å². The number of piperidine rings is 1. The molecule has 1 aromatic heterocycles. The smallest absolute Gasteiger partial charge is 0.343 e. The quantitative estimate of drug-likeness (QED) is 0.376. The van der Waals surface area contributed by atoms with Gasteiger partial charge in [-0.25, -0.2) is 13.2 Å². The number of aliphatic hydroxyl groups is 1. The van der Waals surface area contributed by atoms with Gasteiger partial charge in [0.1, 0.15) is 5.57 Å². The fourth-order valence-electron chi connectivity index (χ4n) is 5.28. The van der Waals surface area contributed by atoms with E-state index in [9.17, 15) is 23.1 Å². The normalized spacial score (nSPS) is 19.7. The van der Waals surface area contributed by atoms with Crippen LogP contribution in [0.15, 0.2) is 63.9 Å². The molecule has 0 saturated carbocycles. The van der Waals surface area contributed by atoms with Gasteiger partial charge in [-0.3, -0.25) is 9.69 Å². The van der Waals surface area contributed by atoms with E-state index in [0.717, 1.165) is 11.8 Å². The van der Waals surface area contributed by atoms with Gasteiger partial charge in [0.05, 0.1) is 11.4 Å². The Hall–Kier alpha value is -3.18. The maximum Gasteiger partial charge on any atom is 0.343 e. The second kappa shape index (κ2) is 11.0. The van der Waals surface area contributed by atoms with Gasteiger partial charge in [0.15, 0.2) is 21.2 Å². The average molecular weight is 601 g/mol. The summed E-state index contributed by atoms with van der Waals surface area (Å²) in [6.45, 7) is 3.19. The first-order valence-corrected chi connectivity index (χ1v) is 16.0. The van der Waals surface area contributed by atoms with Crippen molar-refractivity contribution in [2.45, 2.75) is 36.8 Å². The SMILES string of the molecule is Cc1cc(-c2cccc(S(C)(=O)=O)c2)c(Cl)cc1C1=C(O)C2(CCCN(CC(=O)NCc3ccsc3)C2)OC1=O. The van der Waals surface area contributed by atoms with Crippen molar-refractivity contribution in [3.05, 3.63) is 80.7 Å². The first kappa shape index (κ1) is 28.4. The second-order valence-corrected chi connectivity index (χ2v) is 13.5. The molecule has 2 aromatic carbocycles. The zero-order valence-electron chi connectivity index (χ0n) is 22.1. The lowest BCUT2D eigenvalue weighted by Crippen LogP contribution is -2.52. The number of benzene rings is 2. The molecule has 11 heteroatoms. The van der Waals surface area contributed by atoms with Crippen LogP contribution in [0.1, 0.15) is 29.5 Å². The van der Waals surface area contributed by atoms with E-state index in [1.165, 1.54) is 6.07 Å². The molecule has 5 rings (SSSR count). The number of aryl methyl sites for hydroxylation is 1. The van der Waals surface area contributed by atoms with Crippen molar-refractivity contribution in [2.75, 3.05) is 25.9 Å². The summed E-state index contributed by atoms with van der Waals surface area (Å²) in [5.74, 6) is -0.950. The highest BCUT2D eigenvalue weighted by molar-refractivity contribution is 7.90. The number of amides is 1. The summed E-state index contributed by atoms with van der Waals surface area (Å²) in [5, 5.41) is 18.5. The first-order chi connectivity index (χ1) is 19.0. The van der Waals surface area contributed by atoms with E-state index in [-0.39, 0.29) is 35.2 Å². The van der Waals surface area contributed by atoms with Gasteiger partial charge in [0.2, 0.25) is 5.91 Å². The van der Waals surface area contributed by atoms with Crippen molar-refractivity contribution < 1.29 is 27.9 Å². The lowest BCUT2D eigenvalue weighted by Gasteiger charge is -2.38. The zero-order valence-corrected chi connectivity index (χ0v) is 24.5. The van der Waals surface area contributed by atoms with E-state index in [1.807, 2.05) is 21.7 Å². The van der Waals surface area contributed by atoms with Gasteiger partial charge in [-0.15, -0.1) is 0 Å². The number of aliphatic hydroxyl groups excluding tert-OH is 1. The number of carbonyl (C=O) groups is 2. The van der Waals surface area contributed by atoms with E-state index in [1.54, 1.807) is 48.6 Å². The van der Waals surface area contributed by atoms with Crippen molar-refractivity contribution in [2.24, 2.45) is 0 Å². The minimum absolute atomic E-state index is 0.0552. The van der Waals surface area contributed by atoms with Crippen LogP contribution in [0.3, 0.4) is 0 Å². The largest absolute Gasteiger partial charge is 0.507 e. The maximum absolute atomic E-state index is 13.1. The number of hydrogen-bond acceptors (Lipinski definition) is 8. The van der Waals surface area contributed by atoms with Crippen LogP contribution in [0.2, 0.25) is 5.02 Å². The van der Waals surface area contributed by atoms with Crippen LogP contribution in [0.4, 0.5) is 0 Å². The van der Waals surface area contributed by atoms with Gasteiger partial charge >= 0.3 is 5.97 Å². The summed E-state index contributed by atoms with van der Waals surface area (Å²) in [4.78, 5) is 27.8. The molecule has 1 saturated heterocycles. The molecule has 0 bridgehead atoms. The number of rotatable bonds is 7. The third-order valence-corrected chi connectivity index (χ3v) is 9.44. The zero-order chi connectivity index (χ0) is 28.7. The number of nitrogens with zero attached hydrogens (tertiary/aromatic N) is 1. The second-order valence-electron chi connectivity index (χ2n) is 10.3. The summed E-state index contributed by atoms with van der Waals surface area (Å²) in [6.07, 6.45) is 2.21. The number of halogens is 1. The highest BCUT2D eigenvalue weighted by Crippen LogP contribution is 2.44. The molecule has 40 heavy (non-hydrogen) atoms. The number of thiophene rings is 1. The summed E-state index contributed by atoms with van der Waals surface area (Å²) >= 11 is 8.21. The van der Waals surface area contributed by atoms with Crippen LogP contribution in [0.5, 0.6) is 0 Å². The predicted octanol–water partition coefficient (Wildman–Crippen LogP) is 4.76. The molecular weight excluding hydrogens is 572 g/mol. The highest BCUT2D eigenvalue weighted by atomic mass is 35.5. The Labute approximate surface area is 242 Å². The van der Waals surface area contributed by atoms with Crippen molar-refractivity contribution in [1.82, 2.24) is 10.2 Å². The monoisotopic (exact) mass is 600 g/mol. The molecule has 3 aromatic rings. The van der Waals surface area contributed by atoms with Crippen LogP contribution >= 0.6 is 22.9 Å². The van der Waals surface area contributed by atoms with E-state index < -0.39 is 21.4 Å². The minimum atomic E-state index is -3.41. The maximum atomic E-state index is 13.1. The van der Waals surface area contributed by atoms with E-state index >= 15 is 0 Å². The van der Waals surface area contributed by atoms with E-state index in [2.05, 4.69) is 5.32 Å². The molecule has 210 valence electrons. The molecule has 3 heterocycles.